The third-order valence-electron chi connectivity index (χ3n) is 2.60. The number of aliphatic hydroxyl groups excluding tert-OH is 1. The van der Waals surface area contributed by atoms with Crippen LogP contribution < -0.4 is 5.32 Å². The van der Waals surface area contributed by atoms with Crippen LogP contribution in [0.1, 0.15) is 26.7 Å². The molecule has 1 unspecified atom stereocenters. The summed E-state index contributed by atoms with van der Waals surface area (Å²) in [6.45, 7) is 8.14. The maximum Gasteiger partial charge on any atom is 0.193 e. The molecule has 1 heterocycles. The van der Waals surface area contributed by atoms with Crippen LogP contribution in [-0.2, 0) is 0 Å². The molecule has 0 radical (unpaired) electrons. The molecule has 0 aromatic heterocycles. The second-order valence-electron chi connectivity index (χ2n) is 4.18. The van der Waals surface area contributed by atoms with E-state index in [2.05, 4.69) is 22.1 Å². The number of rotatable bonds is 4. The first-order chi connectivity index (χ1) is 7.27. The fourth-order valence-corrected chi connectivity index (χ4v) is 1.65. The average molecular weight is 213 g/mol. The maximum absolute atomic E-state index is 8.94. The number of likely N-dealkylation sites (tertiary alicyclic amines) is 1. The van der Waals surface area contributed by atoms with Crippen LogP contribution in [0, 0.1) is 5.92 Å². The lowest BCUT2D eigenvalue weighted by atomic mass is 10.2. The molecule has 0 aromatic carbocycles. The van der Waals surface area contributed by atoms with Gasteiger partial charge in [0.15, 0.2) is 5.96 Å². The molecule has 0 saturated carbocycles. The Labute approximate surface area is 92.4 Å². The molecule has 4 heteroatoms. The van der Waals surface area contributed by atoms with Gasteiger partial charge in [0, 0.05) is 32.8 Å². The molecule has 0 spiro atoms. The first-order valence-corrected chi connectivity index (χ1v) is 5.92. The molecular weight excluding hydrogens is 190 g/mol. The van der Waals surface area contributed by atoms with Gasteiger partial charge in [-0.2, -0.15) is 0 Å². The largest absolute Gasteiger partial charge is 0.396 e. The minimum atomic E-state index is 0.211. The van der Waals surface area contributed by atoms with Crippen LogP contribution in [-0.4, -0.2) is 48.8 Å². The van der Waals surface area contributed by atoms with Gasteiger partial charge >= 0.3 is 0 Å². The second-order valence-corrected chi connectivity index (χ2v) is 4.18. The molecule has 1 aliphatic heterocycles. The molecule has 15 heavy (non-hydrogen) atoms. The summed E-state index contributed by atoms with van der Waals surface area (Å²) in [5.41, 5.74) is 0. The van der Waals surface area contributed by atoms with Crippen molar-refractivity contribution >= 4 is 5.96 Å². The molecule has 1 aliphatic rings. The number of nitrogens with zero attached hydrogens (tertiary/aromatic N) is 2. The van der Waals surface area contributed by atoms with Crippen molar-refractivity contribution in [3.05, 3.63) is 0 Å². The Morgan fingerprint density at radius 2 is 2.13 bits per heavy atom. The van der Waals surface area contributed by atoms with Crippen LogP contribution in [0.3, 0.4) is 0 Å². The lowest BCUT2D eigenvalue weighted by Gasteiger charge is -2.21. The smallest absolute Gasteiger partial charge is 0.193 e. The Balaban J connectivity index is 2.47. The van der Waals surface area contributed by atoms with Crippen LogP contribution in [0.25, 0.3) is 0 Å². The number of hydrogen-bond donors (Lipinski definition) is 2. The lowest BCUT2D eigenvalue weighted by Crippen LogP contribution is -2.39. The van der Waals surface area contributed by atoms with E-state index in [0.717, 1.165) is 25.6 Å². The van der Waals surface area contributed by atoms with Gasteiger partial charge in [0.25, 0.3) is 0 Å². The van der Waals surface area contributed by atoms with Crippen molar-refractivity contribution in [1.29, 1.82) is 0 Å². The van der Waals surface area contributed by atoms with E-state index in [0.29, 0.717) is 6.54 Å². The van der Waals surface area contributed by atoms with E-state index in [9.17, 15) is 0 Å². The number of guanidine groups is 1. The van der Waals surface area contributed by atoms with E-state index in [1.165, 1.54) is 12.8 Å². The predicted molar refractivity (Wildman–Crippen MR) is 63.0 cm³/mol. The van der Waals surface area contributed by atoms with E-state index in [-0.39, 0.29) is 12.5 Å². The summed E-state index contributed by atoms with van der Waals surface area (Å²) in [7, 11) is 0. The van der Waals surface area contributed by atoms with E-state index in [4.69, 9.17) is 5.11 Å². The van der Waals surface area contributed by atoms with E-state index >= 15 is 0 Å². The van der Waals surface area contributed by atoms with Crippen LogP contribution in [0.2, 0.25) is 0 Å². The van der Waals surface area contributed by atoms with Gasteiger partial charge in [-0.3, -0.25) is 4.99 Å². The standard InChI is InChI=1S/C11H23N3O/c1-3-12-11(13-8-10(2)9-15)14-6-4-5-7-14/h10,15H,3-9H2,1-2H3,(H,12,13). The summed E-state index contributed by atoms with van der Waals surface area (Å²) in [4.78, 5) is 6.84. The van der Waals surface area contributed by atoms with Gasteiger partial charge in [-0.25, -0.2) is 0 Å². The average Bonchev–Trinajstić information content (AvgIpc) is 2.76. The quantitative estimate of drug-likeness (QED) is 0.533. The molecule has 0 aromatic rings. The third kappa shape index (κ3) is 4.08. The van der Waals surface area contributed by atoms with Crippen molar-refractivity contribution in [1.82, 2.24) is 10.2 Å². The molecule has 1 rings (SSSR count). The summed E-state index contributed by atoms with van der Waals surface area (Å²) < 4.78 is 0. The molecule has 0 bridgehead atoms. The molecule has 0 amide bonds. The third-order valence-corrected chi connectivity index (χ3v) is 2.60. The molecule has 88 valence electrons. The van der Waals surface area contributed by atoms with E-state index in [1.54, 1.807) is 0 Å². The molecule has 1 atom stereocenters. The molecule has 1 saturated heterocycles. The Kier molecular flexibility index (Phi) is 5.47. The fraction of sp³-hybridized carbons (Fsp3) is 0.909. The van der Waals surface area contributed by atoms with Crippen molar-refractivity contribution in [3.8, 4) is 0 Å². The highest BCUT2D eigenvalue weighted by molar-refractivity contribution is 5.80. The van der Waals surface area contributed by atoms with E-state index < -0.39 is 0 Å². The monoisotopic (exact) mass is 213 g/mol. The first-order valence-electron chi connectivity index (χ1n) is 5.92. The van der Waals surface area contributed by atoms with Crippen LogP contribution in [0.5, 0.6) is 0 Å². The minimum absolute atomic E-state index is 0.211. The Bertz CT molecular complexity index is 200. The van der Waals surface area contributed by atoms with Crippen molar-refractivity contribution in [2.24, 2.45) is 10.9 Å². The Morgan fingerprint density at radius 3 is 2.67 bits per heavy atom. The molecule has 0 aliphatic carbocycles. The summed E-state index contributed by atoms with van der Waals surface area (Å²) in [6, 6.07) is 0. The summed E-state index contributed by atoms with van der Waals surface area (Å²) in [5.74, 6) is 1.26. The zero-order valence-corrected chi connectivity index (χ0v) is 9.87. The minimum Gasteiger partial charge on any atom is -0.396 e. The van der Waals surface area contributed by atoms with Crippen molar-refractivity contribution < 1.29 is 5.11 Å². The lowest BCUT2D eigenvalue weighted by molar-refractivity contribution is 0.241. The summed E-state index contributed by atoms with van der Waals surface area (Å²) in [6.07, 6.45) is 2.53. The number of aliphatic imine (C=N–C) groups is 1. The van der Waals surface area contributed by atoms with Gasteiger partial charge in [0.05, 0.1) is 0 Å². The molecular formula is C11H23N3O. The van der Waals surface area contributed by atoms with Crippen LogP contribution in [0.15, 0.2) is 4.99 Å². The first kappa shape index (κ1) is 12.3. The highest BCUT2D eigenvalue weighted by Gasteiger charge is 2.15. The molecule has 2 N–H and O–H groups in total. The van der Waals surface area contributed by atoms with Crippen LogP contribution >= 0.6 is 0 Å². The number of hydrogen-bond acceptors (Lipinski definition) is 2. The van der Waals surface area contributed by atoms with Gasteiger partial charge in [0.2, 0.25) is 0 Å². The van der Waals surface area contributed by atoms with Gasteiger partial charge in [-0.15, -0.1) is 0 Å². The van der Waals surface area contributed by atoms with Gasteiger partial charge in [0.1, 0.15) is 0 Å². The van der Waals surface area contributed by atoms with Crippen LogP contribution in [0.4, 0.5) is 0 Å². The molecule has 1 fully saturated rings. The van der Waals surface area contributed by atoms with Gasteiger partial charge in [-0.1, -0.05) is 6.92 Å². The fourth-order valence-electron chi connectivity index (χ4n) is 1.65. The Hall–Kier alpha value is -0.770. The summed E-state index contributed by atoms with van der Waals surface area (Å²) in [5, 5.41) is 12.2. The highest BCUT2D eigenvalue weighted by atomic mass is 16.3. The Morgan fingerprint density at radius 1 is 1.47 bits per heavy atom. The van der Waals surface area contributed by atoms with E-state index in [1.807, 2.05) is 6.92 Å². The van der Waals surface area contributed by atoms with Gasteiger partial charge < -0.3 is 15.3 Å². The zero-order chi connectivity index (χ0) is 11.1. The predicted octanol–water partition coefficient (Wildman–Crippen LogP) is 0.676. The van der Waals surface area contributed by atoms with Gasteiger partial charge in [-0.05, 0) is 25.7 Å². The SMILES string of the molecule is CCNC(=NCC(C)CO)N1CCCC1. The van der Waals surface area contributed by atoms with Crippen molar-refractivity contribution in [2.45, 2.75) is 26.7 Å². The summed E-state index contributed by atoms with van der Waals surface area (Å²) >= 11 is 0. The van der Waals surface area contributed by atoms with Crippen molar-refractivity contribution in [2.75, 3.05) is 32.8 Å². The zero-order valence-electron chi connectivity index (χ0n) is 9.87. The number of aliphatic hydroxyl groups is 1. The maximum atomic E-state index is 8.94. The second kappa shape index (κ2) is 6.67. The number of nitrogens with one attached hydrogen (secondary N) is 1. The normalized spacial score (nSPS) is 19.4. The van der Waals surface area contributed by atoms with Crippen molar-refractivity contribution in [3.63, 3.8) is 0 Å². The topological polar surface area (TPSA) is 47.9 Å². The molecule has 4 nitrogen and oxygen atoms in total. The highest BCUT2D eigenvalue weighted by Crippen LogP contribution is 2.07.